The molecular weight excluding hydrogens is 312 g/mol. The minimum absolute atomic E-state index is 0.0235. The van der Waals surface area contributed by atoms with E-state index in [0.717, 1.165) is 62.9 Å². The largest absolute Gasteiger partial charge is 0.342 e. The molecule has 1 aromatic carbocycles. The molecule has 0 radical (unpaired) electrons. The number of nitrogens with zero attached hydrogens (tertiary/aromatic N) is 1. The average Bonchev–Trinajstić information content (AvgIpc) is 2.61. The lowest BCUT2D eigenvalue weighted by atomic mass is 9.80. The molecule has 1 aliphatic rings. The SMILES string of the molecule is CCCN(CCC)C(=O)C1CCC(C(=O)Nc2cccc(C)c2)CC1. The summed E-state index contributed by atoms with van der Waals surface area (Å²) in [4.78, 5) is 27.2. The monoisotopic (exact) mass is 344 g/mol. The Kier molecular flexibility index (Phi) is 7.48. The molecule has 4 heteroatoms. The summed E-state index contributed by atoms with van der Waals surface area (Å²) in [5, 5.41) is 3.03. The van der Waals surface area contributed by atoms with Gasteiger partial charge in [-0.25, -0.2) is 0 Å². The van der Waals surface area contributed by atoms with Gasteiger partial charge < -0.3 is 10.2 Å². The van der Waals surface area contributed by atoms with Crippen molar-refractivity contribution in [2.75, 3.05) is 18.4 Å². The number of carbonyl (C=O) groups excluding carboxylic acids is 2. The van der Waals surface area contributed by atoms with Gasteiger partial charge in [0.15, 0.2) is 0 Å². The second kappa shape index (κ2) is 9.59. The first-order valence-electron chi connectivity index (χ1n) is 9.71. The number of aryl methyl sites for hydroxylation is 1. The standard InChI is InChI=1S/C21H32N2O2/c1-4-13-23(14-5-2)21(25)18-11-9-17(10-12-18)20(24)22-19-8-6-7-16(3)15-19/h6-8,15,17-18H,4-5,9-14H2,1-3H3,(H,22,24). The van der Waals surface area contributed by atoms with Gasteiger partial charge in [-0.3, -0.25) is 9.59 Å². The molecule has 2 amide bonds. The quantitative estimate of drug-likeness (QED) is 0.797. The van der Waals surface area contributed by atoms with Crippen molar-refractivity contribution in [1.82, 2.24) is 4.90 Å². The summed E-state index contributed by atoms with van der Waals surface area (Å²) in [5.41, 5.74) is 2.00. The van der Waals surface area contributed by atoms with Crippen LogP contribution in [-0.2, 0) is 9.59 Å². The molecule has 25 heavy (non-hydrogen) atoms. The lowest BCUT2D eigenvalue weighted by Crippen LogP contribution is -2.39. The van der Waals surface area contributed by atoms with Gasteiger partial charge in [0.05, 0.1) is 0 Å². The molecule has 0 aromatic heterocycles. The van der Waals surface area contributed by atoms with Crippen LogP contribution in [0.4, 0.5) is 5.69 Å². The highest BCUT2D eigenvalue weighted by Crippen LogP contribution is 2.31. The Morgan fingerprint density at radius 3 is 2.20 bits per heavy atom. The molecule has 1 fully saturated rings. The van der Waals surface area contributed by atoms with Crippen molar-refractivity contribution in [3.63, 3.8) is 0 Å². The maximum atomic E-state index is 12.7. The van der Waals surface area contributed by atoms with Crippen molar-refractivity contribution < 1.29 is 9.59 Å². The fourth-order valence-electron chi connectivity index (χ4n) is 3.70. The summed E-state index contributed by atoms with van der Waals surface area (Å²) >= 11 is 0. The van der Waals surface area contributed by atoms with Crippen LogP contribution in [0, 0.1) is 18.8 Å². The molecular formula is C21H32N2O2. The number of hydrogen-bond acceptors (Lipinski definition) is 2. The zero-order valence-electron chi connectivity index (χ0n) is 15.9. The first kappa shape index (κ1) is 19.5. The van der Waals surface area contributed by atoms with E-state index in [2.05, 4.69) is 19.2 Å². The number of nitrogens with one attached hydrogen (secondary N) is 1. The van der Waals surface area contributed by atoms with Gasteiger partial charge in [0.25, 0.3) is 0 Å². The Hall–Kier alpha value is -1.84. The summed E-state index contributed by atoms with van der Waals surface area (Å²) in [6.07, 6.45) is 5.27. The first-order chi connectivity index (χ1) is 12.0. The van der Waals surface area contributed by atoms with E-state index in [9.17, 15) is 9.59 Å². The summed E-state index contributed by atoms with van der Waals surface area (Å²) < 4.78 is 0. The number of amides is 2. The number of hydrogen-bond donors (Lipinski definition) is 1. The Morgan fingerprint density at radius 2 is 1.64 bits per heavy atom. The minimum atomic E-state index is 0.0235. The Labute approximate surface area is 152 Å². The molecule has 1 N–H and O–H groups in total. The number of carbonyl (C=O) groups is 2. The number of benzene rings is 1. The van der Waals surface area contributed by atoms with Crippen LogP contribution >= 0.6 is 0 Å². The molecule has 0 heterocycles. The van der Waals surface area contributed by atoms with Crippen LogP contribution in [0.25, 0.3) is 0 Å². The second-order valence-corrected chi connectivity index (χ2v) is 7.23. The first-order valence-corrected chi connectivity index (χ1v) is 9.71. The van der Waals surface area contributed by atoms with E-state index in [1.165, 1.54) is 0 Å². The third kappa shape index (κ3) is 5.58. The predicted octanol–water partition coefficient (Wildman–Crippen LogP) is 4.39. The molecule has 138 valence electrons. The third-order valence-corrected chi connectivity index (χ3v) is 5.03. The number of rotatable bonds is 7. The number of anilines is 1. The summed E-state index contributed by atoms with van der Waals surface area (Å²) in [5.74, 6) is 0.508. The molecule has 2 rings (SSSR count). The molecule has 4 nitrogen and oxygen atoms in total. The van der Waals surface area contributed by atoms with Gasteiger partial charge in [-0.2, -0.15) is 0 Å². The van der Waals surface area contributed by atoms with Gasteiger partial charge in [-0.1, -0.05) is 26.0 Å². The normalized spacial score (nSPS) is 20.1. The fourth-order valence-corrected chi connectivity index (χ4v) is 3.70. The maximum absolute atomic E-state index is 12.7. The van der Waals surface area contributed by atoms with Gasteiger partial charge >= 0.3 is 0 Å². The Bertz CT molecular complexity index is 571. The van der Waals surface area contributed by atoms with E-state index < -0.39 is 0 Å². The van der Waals surface area contributed by atoms with Gasteiger partial charge in [-0.15, -0.1) is 0 Å². The van der Waals surface area contributed by atoms with E-state index in [1.807, 2.05) is 36.1 Å². The molecule has 1 saturated carbocycles. The third-order valence-electron chi connectivity index (χ3n) is 5.03. The topological polar surface area (TPSA) is 49.4 Å². The zero-order valence-corrected chi connectivity index (χ0v) is 15.9. The summed E-state index contributed by atoms with van der Waals surface area (Å²) in [6, 6.07) is 7.88. The molecule has 0 bridgehead atoms. The lowest BCUT2D eigenvalue weighted by molar-refractivity contribution is -0.138. The minimum Gasteiger partial charge on any atom is -0.342 e. The predicted molar refractivity (Wildman–Crippen MR) is 102 cm³/mol. The fraction of sp³-hybridized carbons (Fsp3) is 0.619. The Balaban J connectivity index is 1.85. The molecule has 0 unspecified atom stereocenters. The molecule has 0 aliphatic heterocycles. The van der Waals surface area contributed by atoms with Crippen molar-refractivity contribution in [2.24, 2.45) is 11.8 Å². The zero-order chi connectivity index (χ0) is 18.2. The van der Waals surface area contributed by atoms with Gasteiger partial charge in [0.1, 0.15) is 0 Å². The highest BCUT2D eigenvalue weighted by Gasteiger charge is 2.31. The average molecular weight is 344 g/mol. The van der Waals surface area contributed by atoms with Crippen molar-refractivity contribution in [3.05, 3.63) is 29.8 Å². The van der Waals surface area contributed by atoms with E-state index in [-0.39, 0.29) is 17.7 Å². The molecule has 1 aromatic rings. The van der Waals surface area contributed by atoms with Crippen LogP contribution < -0.4 is 5.32 Å². The van der Waals surface area contributed by atoms with Crippen LogP contribution in [0.5, 0.6) is 0 Å². The van der Waals surface area contributed by atoms with Crippen molar-refractivity contribution >= 4 is 17.5 Å². The Morgan fingerprint density at radius 1 is 1.04 bits per heavy atom. The van der Waals surface area contributed by atoms with Gasteiger partial charge in [0.2, 0.25) is 11.8 Å². The van der Waals surface area contributed by atoms with E-state index in [0.29, 0.717) is 5.91 Å². The second-order valence-electron chi connectivity index (χ2n) is 7.23. The smallest absolute Gasteiger partial charge is 0.227 e. The molecule has 0 saturated heterocycles. The molecule has 0 atom stereocenters. The molecule has 1 aliphatic carbocycles. The highest BCUT2D eigenvalue weighted by atomic mass is 16.2. The summed E-state index contributed by atoms with van der Waals surface area (Å²) in [7, 11) is 0. The van der Waals surface area contributed by atoms with Crippen molar-refractivity contribution in [1.29, 1.82) is 0 Å². The highest BCUT2D eigenvalue weighted by molar-refractivity contribution is 5.92. The van der Waals surface area contributed by atoms with Crippen molar-refractivity contribution in [3.8, 4) is 0 Å². The lowest BCUT2D eigenvalue weighted by Gasteiger charge is -2.31. The van der Waals surface area contributed by atoms with Crippen LogP contribution in [0.2, 0.25) is 0 Å². The maximum Gasteiger partial charge on any atom is 0.227 e. The van der Waals surface area contributed by atoms with Crippen LogP contribution in [0.15, 0.2) is 24.3 Å². The van der Waals surface area contributed by atoms with Crippen LogP contribution in [0.1, 0.15) is 57.9 Å². The van der Waals surface area contributed by atoms with Gasteiger partial charge in [0, 0.05) is 30.6 Å². The van der Waals surface area contributed by atoms with Gasteiger partial charge in [-0.05, 0) is 63.1 Å². The van der Waals surface area contributed by atoms with E-state index in [1.54, 1.807) is 0 Å². The summed E-state index contributed by atoms with van der Waals surface area (Å²) in [6.45, 7) is 7.94. The van der Waals surface area contributed by atoms with E-state index in [4.69, 9.17) is 0 Å². The molecule has 0 spiro atoms. The van der Waals surface area contributed by atoms with E-state index >= 15 is 0 Å². The van der Waals surface area contributed by atoms with Crippen LogP contribution in [0.3, 0.4) is 0 Å². The van der Waals surface area contributed by atoms with Crippen LogP contribution in [-0.4, -0.2) is 29.8 Å². The van der Waals surface area contributed by atoms with Crippen molar-refractivity contribution in [2.45, 2.75) is 59.3 Å².